The van der Waals surface area contributed by atoms with E-state index in [9.17, 15) is 14.7 Å². The molecule has 2 heterocycles. The molecule has 4 rings (SSSR count). The highest BCUT2D eigenvalue weighted by Gasteiger charge is 2.35. The van der Waals surface area contributed by atoms with Crippen LogP contribution in [0.5, 0.6) is 29.0 Å². The van der Waals surface area contributed by atoms with Gasteiger partial charge < -0.3 is 30.1 Å². The highest BCUT2D eigenvalue weighted by atomic mass is 19.1. The van der Waals surface area contributed by atoms with E-state index in [-0.39, 0.29) is 40.8 Å². The zero-order valence-corrected chi connectivity index (χ0v) is 25.2. The molecule has 1 aliphatic heterocycles. The van der Waals surface area contributed by atoms with E-state index in [1.807, 2.05) is 0 Å². The third-order valence-corrected chi connectivity index (χ3v) is 7.20. The fourth-order valence-corrected chi connectivity index (χ4v) is 4.91. The molecular formula is C31H34F2N6O6. The molecule has 0 radical (unpaired) electrons. The first kappa shape index (κ1) is 32.9. The van der Waals surface area contributed by atoms with Crippen LogP contribution in [-0.2, 0) is 9.63 Å². The van der Waals surface area contributed by atoms with Gasteiger partial charge in [-0.25, -0.2) is 4.79 Å². The lowest BCUT2D eigenvalue weighted by Crippen LogP contribution is -2.48. The van der Waals surface area contributed by atoms with Gasteiger partial charge in [-0.1, -0.05) is 6.07 Å². The molecule has 1 fully saturated rings. The van der Waals surface area contributed by atoms with Gasteiger partial charge >= 0.3 is 0 Å². The van der Waals surface area contributed by atoms with Crippen molar-refractivity contribution in [2.24, 2.45) is 5.73 Å². The van der Waals surface area contributed by atoms with Crippen LogP contribution in [0.25, 0.3) is 0 Å². The van der Waals surface area contributed by atoms with Crippen molar-refractivity contribution < 1.29 is 37.8 Å². The average molecular weight is 625 g/mol. The molecule has 0 spiro atoms. The number of phenolic OH excluding ortho intramolecular Hbond substituents is 1. The van der Waals surface area contributed by atoms with Crippen molar-refractivity contribution in [1.29, 1.82) is 5.41 Å². The van der Waals surface area contributed by atoms with Crippen LogP contribution in [0.1, 0.15) is 35.7 Å². The number of phenols is 1. The Morgan fingerprint density at radius 3 is 2.51 bits per heavy atom. The molecule has 1 aliphatic rings. The van der Waals surface area contributed by atoms with Crippen LogP contribution in [0.15, 0.2) is 48.5 Å². The Hall–Kier alpha value is -5.04. The number of rotatable bonds is 11. The number of carbonyl (C=O) groups excluding carboxylic acids is 2. The molecule has 4 N–H and O–H groups in total. The Bertz CT molecular complexity index is 1630. The number of pyridine rings is 1. The number of nitrogens with one attached hydrogen (secondary N) is 1. The maximum atomic E-state index is 16.2. The van der Waals surface area contributed by atoms with Gasteiger partial charge in [-0.15, -0.1) is 0 Å². The number of amidine groups is 1. The molecule has 0 saturated carbocycles. The predicted octanol–water partition coefficient (Wildman–Crippen LogP) is 4.24. The predicted molar refractivity (Wildman–Crippen MR) is 162 cm³/mol. The Morgan fingerprint density at radius 2 is 1.87 bits per heavy atom. The number of nitrogens with zero attached hydrogens (tertiary/aromatic N) is 4. The quantitative estimate of drug-likeness (QED) is 0.160. The fourth-order valence-electron chi connectivity index (χ4n) is 4.91. The summed E-state index contributed by atoms with van der Waals surface area (Å²) in [6.45, 7) is 2.55. The van der Waals surface area contributed by atoms with Gasteiger partial charge in [0.25, 0.3) is 17.7 Å². The van der Waals surface area contributed by atoms with E-state index >= 15 is 8.78 Å². The standard InChI is InChI=1S/C31H34F2N6O6/c1-5-43-39-13-11-20(17-21(39)12-14-40)38(4)27-25(32)29(44-22-8-6-7-19(15-22)31(42)37(2)3)36-30(26(27)33)45-24-16-18(28(34)35)9-10-23(24)41/h6-10,12,15-16,20-21,41H,5,11,13,17H2,1-4H3,(H3,34,35). The second-order valence-corrected chi connectivity index (χ2v) is 10.4. The number of hydrogen-bond acceptors (Lipinski definition) is 10. The first-order valence-corrected chi connectivity index (χ1v) is 14.0. The molecule has 238 valence electrons. The second kappa shape index (κ2) is 14.2. The molecular weight excluding hydrogens is 590 g/mol. The second-order valence-electron chi connectivity index (χ2n) is 10.4. The van der Waals surface area contributed by atoms with Crippen molar-refractivity contribution in [3.05, 3.63) is 71.3 Å². The summed E-state index contributed by atoms with van der Waals surface area (Å²) in [5.74, 6) is -3.29. The summed E-state index contributed by atoms with van der Waals surface area (Å²) in [5, 5.41) is 19.7. The molecule has 45 heavy (non-hydrogen) atoms. The smallest absolute Gasteiger partial charge is 0.261 e. The normalized spacial score (nSPS) is 16.4. The Balaban J connectivity index is 1.80. The van der Waals surface area contributed by atoms with Crippen molar-refractivity contribution in [1.82, 2.24) is 14.9 Å². The Labute approximate surface area is 258 Å². The van der Waals surface area contributed by atoms with Crippen LogP contribution >= 0.6 is 0 Å². The summed E-state index contributed by atoms with van der Waals surface area (Å²) >= 11 is 0. The number of amides is 1. The molecule has 0 aliphatic carbocycles. The van der Waals surface area contributed by atoms with Crippen molar-refractivity contribution in [2.75, 3.05) is 39.2 Å². The SMILES string of the molecule is CCON1CCC(N(C)c2c(F)c(Oc3cccc(C(=O)N(C)C)c3)nc(Oc3cc(C(=N)N)ccc3O)c2F)CC1C=C=O. The molecule has 2 unspecified atom stereocenters. The lowest BCUT2D eigenvalue weighted by molar-refractivity contribution is -0.185. The number of halogens is 2. The van der Waals surface area contributed by atoms with Gasteiger partial charge in [-0.05, 0) is 56.2 Å². The summed E-state index contributed by atoms with van der Waals surface area (Å²) < 4.78 is 43.8. The van der Waals surface area contributed by atoms with Gasteiger partial charge in [0.1, 0.15) is 23.2 Å². The molecule has 12 nitrogen and oxygen atoms in total. The lowest BCUT2D eigenvalue weighted by Gasteiger charge is -2.40. The molecule has 14 heteroatoms. The minimum atomic E-state index is -1.19. The minimum absolute atomic E-state index is 0.0443. The van der Waals surface area contributed by atoms with Crippen LogP contribution in [0.4, 0.5) is 14.5 Å². The number of hydrogen-bond donors (Lipinski definition) is 3. The van der Waals surface area contributed by atoms with E-state index in [0.717, 1.165) is 0 Å². The van der Waals surface area contributed by atoms with E-state index in [1.54, 1.807) is 38.1 Å². The number of ether oxygens (including phenoxy) is 2. The number of nitrogens with two attached hydrogens (primary N) is 1. The number of anilines is 1. The van der Waals surface area contributed by atoms with Gasteiger partial charge in [-0.2, -0.15) is 18.8 Å². The van der Waals surface area contributed by atoms with Gasteiger partial charge in [0.05, 0.1) is 12.6 Å². The van der Waals surface area contributed by atoms with E-state index < -0.39 is 46.9 Å². The number of hydroxylamine groups is 2. The average Bonchev–Trinajstić information content (AvgIpc) is 3.01. The molecule has 0 bridgehead atoms. The number of carbonyl (C=O) groups is 1. The number of piperidine rings is 1. The third-order valence-electron chi connectivity index (χ3n) is 7.20. The van der Waals surface area contributed by atoms with Crippen LogP contribution in [0.2, 0.25) is 0 Å². The van der Waals surface area contributed by atoms with Crippen molar-refractivity contribution in [3.8, 4) is 29.0 Å². The van der Waals surface area contributed by atoms with Gasteiger partial charge in [-0.3, -0.25) is 15.0 Å². The van der Waals surface area contributed by atoms with E-state index in [1.165, 1.54) is 59.3 Å². The van der Waals surface area contributed by atoms with Crippen molar-refractivity contribution >= 4 is 23.4 Å². The summed E-state index contributed by atoms with van der Waals surface area (Å²) in [6, 6.07) is 8.78. The molecule has 1 saturated heterocycles. The van der Waals surface area contributed by atoms with Crippen molar-refractivity contribution in [3.63, 3.8) is 0 Å². The van der Waals surface area contributed by atoms with Gasteiger partial charge in [0.2, 0.25) is 11.6 Å². The first-order valence-electron chi connectivity index (χ1n) is 14.0. The van der Waals surface area contributed by atoms with Crippen molar-refractivity contribution in [2.45, 2.75) is 31.8 Å². The molecule has 3 aromatic rings. The third kappa shape index (κ3) is 7.37. The number of aromatic hydroxyl groups is 1. The molecule has 1 aromatic heterocycles. The first-order chi connectivity index (χ1) is 21.4. The van der Waals surface area contributed by atoms with E-state index in [0.29, 0.717) is 19.6 Å². The number of aromatic nitrogens is 1. The summed E-state index contributed by atoms with van der Waals surface area (Å²) in [6.07, 6.45) is 1.99. The highest BCUT2D eigenvalue weighted by molar-refractivity contribution is 5.95. The zero-order valence-electron chi connectivity index (χ0n) is 25.2. The van der Waals surface area contributed by atoms with E-state index in [2.05, 4.69) is 4.98 Å². The van der Waals surface area contributed by atoms with Gasteiger partial charge in [0.15, 0.2) is 11.5 Å². The fraction of sp³-hybridized carbons (Fsp3) is 0.323. The summed E-state index contributed by atoms with van der Waals surface area (Å²) in [4.78, 5) is 36.0. The summed E-state index contributed by atoms with van der Waals surface area (Å²) in [5.41, 5.74) is 5.46. The Morgan fingerprint density at radius 1 is 1.16 bits per heavy atom. The van der Waals surface area contributed by atoms with Crippen LogP contribution < -0.4 is 20.1 Å². The largest absolute Gasteiger partial charge is 0.504 e. The molecule has 2 atom stereocenters. The van der Waals surface area contributed by atoms with Gasteiger partial charge in [0, 0.05) is 50.9 Å². The monoisotopic (exact) mass is 624 g/mol. The lowest BCUT2D eigenvalue weighted by atomic mass is 9.97. The minimum Gasteiger partial charge on any atom is -0.504 e. The number of benzene rings is 2. The highest BCUT2D eigenvalue weighted by Crippen LogP contribution is 2.41. The number of nitrogen functional groups attached to an aromatic ring is 1. The molecule has 2 aromatic carbocycles. The van der Waals surface area contributed by atoms with E-state index in [4.69, 9.17) is 25.5 Å². The Kier molecular flexibility index (Phi) is 10.3. The zero-order chi connectivity index (χ0) is 32.8. The maximum absolute atomic E-state index is 16.2. The summed E-state index contributed by atoms with van der Waals surface area (Å²) in [7, 11) is 4.64. The topological polar surface area (TPSA) is 155 Å². The maximum Gasteiger partial charge on any atom is 0.261 e. The van der Waals surface area contributed by atoms with Crippen LogP contribution in [0, 0.1) is 17.0 Å². The molecule has 1 amide bonds. The van der Waals surface area contributed by atoms with Crippen LogP contribution in [0.3, 0.4) is 0 Å². The van der Waals surface area contributed by atoms with Crippen LogP contribution in [-0.4, -0.2) is 84.1 Å².